The summed E-state index contributed by atoms with van der Waals surface area (Å²) in [5.41, 5.74) is 0. The molecule has 1 atom stereocenters. The summed E-state index contributed by atoms with van der Waals surface area (Å²) in [5, 5.41) is 3.11. The van der Waals surface area contributed by atoms with Gasteiger partial charge in [0.1, 0.15) is 0 Å². The Morgan fingerprint density at radius 1 is 1.80 bits per heavy atom. The van der Waals surface area contributed by atoms with E-state index < -0.39 is 0 Å². The van der Waals surface area contributed by atoms with E-state index >= 15 is 0 Å². The van der Waals surface area contributed by atoms with E-state index in [4.69, 9.17) is 0 Å². The Morgan fingerprint density at radius 3 is 3.10 bits per heavy atom. The molecule has 0 spiro atoms. The van der Waals surface area contributed by atoms with E-state index in [9.17, 15) is 4.79 Å². The number of amides is 1. The molecular weight excluding hydrogens is 128 g/mol. The number of rotatable bonds is 3. The van der Waals surface area contributed by atoms with Gasteiger partial charge in [-0.1, -0.05) is 0 Å². The second-order valence-corrected chi connectivity index (χ2v) is 2.81. The third-order valence-corrected chi connectivity index (χ3v) is 1.96. The summed E-state index contributed by atoms with van der Waals surface area (Å²) in [6.45, 7) is 2.91. The Kier molecular flexibility index (Phi) is 2.68. The average Bonchev–Trinajstić information content (AvgIpc) is 2.37. The fourth-order valence-corrected chi connectivity index (χ4v) is 1.41. The van der Waals surface area contributed by atoms with Gasteiger partial charge in [-0.3, -0.25) is 4.79 Å². The van der Waals surface area contributed by atoms with Crippen molar-refractivity contribution in [1.82, 2.24) is 10.2 Å². The number of carbonyl (C=O) groups is 1. The monoisotopic (exact) mass is 142 g/mol. The van der Waals surface area contributed by atoms with Crippen molar-refractivity contribution in [3.8, 4) is 0 Å². The van der Waals surface area contributed by atoms with Gasteiger partial charge in [0.15, 0.2) is 0 Å². The lowest BCUT2D eigenvalue weighted by molar-refractivity contribution is -0.117. The highest BCUT2D eigenvalue weighted by Gasteiger charge is 2.19. The molecule has 0 aromatic heterocycles. The predicted octanol–water partition coefficient (Wildman–Crippen LogP) is -0.316. The fraction of sp³-hybridized carbons (Fsp3) is 0.857. The number of nitrogens with zero attached hydrogens (tertiary/aromatic N) is 1. The highest BCUT2D eigenvalue weighted by atomic mass is 16.1. The second-order valence-electron chi connectivity index (χ2n) is 2.81. The van der Waals surface area contributed by atoms with Crippen LogP contribution in [0.2, 0.25) is 0 Å². The topological polar surface area (TPSA) is 32.3 Å². The van der Waals surface area contributed by atoms with Crippen molar-refractivity contribution in [3.05, 3.63) is 0 Å². The van der Waals surface area contributed by atoms with Crippen LogP contribution in [0.25, 0.3) is 0 Å². The van der Waals surface area contributed by atoms with E-state index in [-0.39, 0.29) is 0 Å². The van der Waals surface area contributed by atoms with Crippen molar-refractivity contribution in [2.45, 2.75) is 6.42 Å². The van der Waals surface area contributed by atoms with Crippen LogP contribution in [0.15, 0.2) is 0 Å². The Labute approximate surface area is 61.4 Å². The normalized spacial score (nSPS) is 25.3. The van der Waals surface area contributed by atoms with Gasteiger partial charge in [0.05, 0.1) is 0 Å². The Balaban J connectivity index is 2.21. The lowest BCUT2D eigenvalue weighted by Crippen LogP contribution is -2.23. The molecule has 1 fully saturated rings. The standard InChI is InChI=1S/C7H14N2O/c1-8-4-7-2-3-9(5-7)6-10/h6-8H,2-5H2,1H3. The van der Waals surface area contributed by atoms with Crippen LogP contribution in [0.4, 0.5) is 0 Å². The lowest BCUT2D eigenvalue weighted by Gasteiger charge is -2.08. The molecule has 1 N–H and O–H groups in total. The quantitative estimate of drug-likeness (QED) is 0.548. The van der Waals surface area contributed by atoms with Gasteiger partial charge in [-0.15, -0.1) is 0 Å². The van der Waals surface area contributed by atoms with Gasteiger partial charge in [0.2, 0.25) is 6.41 Å². The second kappa shape index (κ2) is 3.56. The molecule has 10 heavy (non-hydrogen) atoms. The van der Waals surface area contributed by atoms with Crippen LogP contribution in [0, 0.1) is 5.92 Å². The van der Waals surface area contributed by atoms with Crippen LogP contribution in [0.5, 0.6) is 0 Å². The van der Waals surface area contributed by atoms with E-state index in [0.29, 0.717) is 5.92 Å². The summed E-state index contributed by atoms with van der Waals surface area (Å²) < 4.78 is 0. The van der Waals surface area contributed by atoms with E-state index in [1.54, 1.807) is 0 Å². The third kappa shape index (κ3) is 1.70. The van der Waals surface area contributed by atoms with Crippen LogP contribution in [-0.2, 0) is 4.79 Å². The van der Waals surface area contributed by atoms with Gasteiger partial charge in [-0.2, -0.15) is 0 Å². The maximum Gasteiger partial charge on any atom is 0.209 e. The molecule has 1 aliphatic heterocycles. The minimum Gasteiger partial charge on any atom is -0.345 e. The number of likely N-dealkylation sites (tertiary alicyclic amines) is 1. The van der Waals surface area contributed by atoms with Crippen LogP contribution < -0.4 is 5.32 Å². The maximum atomic E-state index is 10.3. The first-order valence-corrected chi connectivity index (χ1v) is 3.70. The largest absolute Gasteiger partial charge is 0.345 e. The van der Waals surface area contributed by atoms with Crippen LogP contribution in [-0.4, -0.2) is 38.0 Å². The SMILES string of the molecule is CNCC1CCN(C=O)C1. The van der Waals surface area contributed by atoms with Crippen LogP contribution >= 0.6 is 0 Å². The molecule has 3 heteroatoms. The molecule has 1 saturated heterocycles. The molecule has 1 unspecified atom stereocenters. The van der Waals surface area contributed by atoms with Gasteiger partial charge in [0.25, 0.3) is 0 Å². The smallest absolute Gasteiger partial charge is 0.209 e. The van der Waals surface area contributed by atoms with Crippen molar-refractivity contribution in [3.63, 3.8) is 0 Å². The first kappa shape index (κ1) is 7.54. The van der Waals surface area contributed by atoms with E-state index in [1.807, 2.05) is 11.9 Å². The van der Waals surface area contributed by atoms with E-state index in [0.717, 1.165) is 32.5 Å². The zero-order valence-electron chi connectivity index (χ0n) is 6.34. The number of nitrogens with one attached hydrogen (secondary N) is 1. The molecule has 0 aromatic rings. The molecule has 0 saturated carbocycles. The molecule has 1 aliphatic rings. The summed E-state index contributed by atoms with van der Waals surface area (Å²) in [7, 11) is 1.95. The summed E-state index contributed by atoms with van der Waals surface area (Å²) in [6.07, 6.45) is 2.09. The Hall–Kier alpha value is -0.570. The molecule has 1 rings (SSSR count). The summed E-state index contributed by atoms with van der Waals surface area (Å²) >= 11 is 0. The zero-order chi connectivity index (χ0) is 7.40. The van der Waals surface area contributed by atoms with Crippen molar-refractivity contribution in [2.24, 2.45) is 5.92 Å². The third-order valence-electron chi connectivity index (χ3n) is 1.96. The molecule has 1 amide bonds. The summed E-state index contributed by atoms with van der Waals surface area (Å²) in [4.78, 5) is 12.1. The predicted molar refractivity (Wildman–Crippen MR) is 39.7 cm³/mol. The Bertz CT molecular complexity index is 116. The maximum absolute atomic E-state index is 10.3. The zero-order valence-corrected chi connectivity index (χ0v) is 6.34. The van der Waals surface area contributed by atoms with Gasteiger partial charge in [0, 0.05) is 13.1 Å². The average molecular weight is 142 g/mol. The molecule has 3 nitrogen and oxygen atoms in total. The first-order valence-electron chi connectivity index (χ1n) is 3.70. The fourth-order valence-electron chi connectivity index (χ4n) is 1.41. The molecular formula is C7H14N2O. The Morgan fingerprint density at radius 2 is 2.60 bits per heavy atom. The van der Waals surface area contributed by atoms with Gasteiger partial charge < -0.3 is 10.2 Å². The van der Waals surface area contributed by atoms with Gasteiger partial charge in [-0.25, -0.2) is 0 Å². The van der Waals surface area contributed by atoms with Crippen molar-refractivity contribution in [2.75, 3.05) is 26.7 Å². The summed E-state index contributed by atoms with van der Waals surface area (Å²) in [6, 6.07) is 0. The molecule has 0 bridgehead atoms. The van der Waals surface area contributed by atoms with Crippen molar-refractivity contribution < 1.29 is 4.79 Å². The minimum atomic E-state index is 0.676. The number of hydrogen-bond acceptors (Lipinski definition) is 2. The minimum absolute atomic E-state index is 0.676. The molecule has 0 aliphatic carbocycles. The van der Waals surface area contributed by atoms with Crippen molar-refractivity contribution in [1.29, 1.82) is 0 Å². The molecule has 0 radical (unpaired) electrons. The lowest BCUT2D eigenvalue weighted by atomic mass is 10.1. The van der Waals surface area contributed by atoms with Crippen molar-refractivity contribution >= 4 is 6.41 Å². The molecule has 1 heterocycles. The van der Waals surface area contributed by atoms with Gasteiger partial charge in [-0.05, 0) is 25.9 Å². The van der Waals surface area contributed by atoms with Gasteiger partial charge >= 0.3 is 0 Å². The van der Waals surface area contributed by atoms with E-state index in [1.165, 1.54) is 0 Å². The number of hydrogen-bond donors (Lipinski definition) is 1. The van der Waals surface area contributed by atoms with Crippen LogP contribution in [0.3, 0.4) is 0 Å². The highest BCUT2D eigenvalue weighted by Crippen LogP contribution is 2.12. The van der Waals surface area contributed by atoms with E-state index in [2.05, 4.69) is 5.32 Å². The highest BCUT2D eigenvalue weighted by molar-refractivity contribution is 5.47. The first-order chi connectivity index (χ1) is 4.86. The molecule has 58 valence electrons. The molecule has 0 aromatic carbocycles. The van der Waals surface area contributed by atoms with Crippen LogP contribution in [0.1, 0.15) is 6.42 Å². The summed E-state index contributed by atoms with van der Waals surface area (Å²) in [5.74, 6) is 0.676. The number of carbonyl (C=O) groups excluding carboxylic acids is 1.